The van der Waals surface area contributed by atoms with E-state index in [0.29, 0.717) is 29.2 Å². The van der Waals surface area contributed by atoms with Gasteiger partial charge in [-0.2, -0.15) is 15.8 Å². The summed E-state index contributed by atoms with van der Waals surface area (Å²) >= 11 is 0. The van der Waals surface area contributed by atoms with Crippen LogP contribution in [0.2, 0.25) is 0 Å². The van der Waals surface area contributed by atoms with Crippen molar-refractivity contribution in [3.8, 4) is 29.7 Å². The average molecular weight is 433 g/mol. The van der Waals surface area contributed by atoms with Gasteiger partial charge in [-0.05, 0) is 30.2 Å². The Morgan fingerprint density at radius 3 is 2.53 bits per heavy atom. The molecular weight excluding hydrogens is 410 g/mol. The zero-order valence-electron chi connectivity index (χ0n) is 18.1. The van der Waals surface area contributed by atoms with Gasteiger partial charge in [-0.1, -0.05) is 12.1 Å². The second kappa shape index (κ2) is 8.99. The number of amides is 1. The van der Waals surface area contributed by atoms with Crippen molar-refractivity contribution in [2.75, 3.05) is 33.9 Å². The summed E-state index contributed by atoms with van der Waals surface area (Å²) in [7, 11) is 2.79. The monoisotopic (exact) mass is 433 g/mol. The molecule has 0 bridgehead atoms. The number of fused-ring (bicyclic) bond motifs is 1. The molecule has 1 saturated carbocycles. The summed E-state index contributed by atoms with van der Waals surface area (Å²) in [6.45, 7) is 2.59. The van der Waals surface area contributed by atoms with Crippen LogP contribution in [0.5, 0.6) is 11.5 Å². The van der Waals surface area contributed by atoms with Crippen molar-refractivity contribution in [3.63, 3.8) is 0 Å². The van der Waals surface area contributed by atoms with Crippen LogP contribution in [0.1, 0.15) is 18.4 Å². The molecule has 1 aromatic rings. The molecule has 9 nitrogen and oxygen atoms in total. The van der Waals surface area contributed by atoms with E-state index in [-0.39, 0.29) is 18.8 Å². The SMILES string of the molecule is CCOc1ccc([C@@H]2C(C#N)C(=N)C(C#N)(C#N)C3=CCN(C(=O)OC)C[C@@H]32)cc1OC. The number of methoxy groups -OCH3 is 2. The van der Waals surface area contributed by atoms with Crippen LogP contribution in [-0.2, 0) is 4.74 Å². The van der Waals surface area contributed by atoms with Gasteiger partial charge >= 0.3 is 6.09 Å². The molecule has 1 aromatic carbocycles. The van der Waals surface area contributed by atoms with Gasteiger partial charge < -0.3 is 24.5 Å². The molecule has 164 valence electrons. The number of hydrogen-bond donors (Lipinski definition) is 1. The third-order valence-electron chi connectivity index (χ3n) is 6.07. The lowest BCUT2D eigenvalue weighted by molar-refractivity contribution is 0.115. The third-order valence-corrected chi connectivity index (χ3v) is 6.07. The van der Waals surface area contributed by atoms with Gasteiger partial charge in [-0.25, -0.2) is 4.79 Å². The second-order valence-electron chi connectivity index (χ2n) is 7.50. The molecule has 0 saturated heterocycles. The molecule has 1 aliphatic heterocycles. The highest BCUT2D eigenvalue weighted by Gasteiger charge is 2.57. The number of nitriles is 3. The maximum absolute atomic E-state index is 12.2. The smallest absolute Gasteiger partial charge is 0.409 e. The minimum Gasteiger partial charge on any atom is -0.493 e. The predicted molar refractivity (Wildman–Crippen MR) is 113 cm³/mol. The summed E-state index contributed by atoms with van der Waals surface area (Å²) in [4.78, 5) is 13.7. The van der Waals surface area contributed by atoms with Crippen molar-refractivity contribution < 1.29 is 19.0 Å². The summed E-state index contributed by atoms with van der Waals surface area (Å²) in [6.07, 6.45) is 1.09. The molecule has 1 heterocycles. The summed E-state index contributed by atoms with van der Waals surface area (Å²) in [6, 6.07) is 11.3. The summed E-state index contributed by atoms with van der Waals surface area (Å²) < 4.78 is 15.9. The Hall–Kier alpha value is -4.03. The molecule has 1 N–H and O–H groups in total. The maximum atomic E-state index is 12.2. The van der Waals surface area contributed by atoms with Gasteiger partial charge in [0.25, 0.3) is 0 Å². The zero-order valence-corrected chi connectivity index (χ0v) is 18.1. The van der Waals surface area contributed by atoms with Gasteiger partial charge in [0.1, 0.15) is 0 Å². The van der Waals surface area contributed by atoms with E-state index in [2.05, 4.69) is 6.07 Å². The molecule has 2 aliphatic rings. The Kier molecular flexibility index (Phi) is 6.37. The molecule has 3 rings (SSSR count). The lowest BCUT2D eigenvalue weighted by Crippen LogP contribution is -2.53. The highest BCUT2D eigenvalue weighted by molar-refractivity contribution is 6.01. The second-order valence-corrected chi connectivity index (χ2v) is 7.50. The van der Waals surface area contributed by atoms with E-state index < -0.39 is 29.3 Å². The molecule has 1 unspecified atom stereocenters. The normalized spacial score (nSPS) is 23.5. The number of nitrogens with zero attached hydrogens (tertiary/aromatic N) is 4. The van der Waals surface area contributed by atoms with Crippen molar-refractivity contribution in [3.05, 3.63) is 35.4 Å². The number of carbonyl (C=O) groups is 1. The van der Waals surface area contributed by atoms with Gasteiger partial charge in [-0.15, -0.1) is 0 Å². The molecule has 32 heavy (non-hydrogen) atoms. The Morgan fingerprint density at radius 2 is 1.97 bits per heavy atom. The zero-order chi connectivity index (χ0) is 23.5. The number of ether oxygens (including phenoxy) is 3. The van der Waals surface area contributed by atoms with Gasteiger partial charge in [0, 0.05) is 24.9 Å². The summed E-state index contributed by atoms with van der Waals surface area (Å²) in [5.41, 5.74) is -0.971. The van der Waals surface area contributed by atoms with Gasteiger partial charge in [0.05, 0.1) is 50.7 Å². The van der Waals surface area contributed by atoms with Crippen LogP contribution < -0.4 is 9.47 Å². The summed E-state index contributed by atoms with van der Waals surface area (Å²) in [5.74, 6) is -1.15. The van der Waals surface area contributed by atoms with Crippen LogP contribution in [0.25, 0.3) is 0 Å². The maximum Gasteiger partial charge on any atom is 0.409 e. The molecule has 9 heteroatoms. The van der Waals surface area contributed by atoms with E-state index >= 15 is 0 Å². The van der Waals surface area contributed by atoms with Crippen molar-refractivity contribution in [2.45, 2.75) is 12.8 Å². The molecular formula is C23H23N5O4. The van der Waals surface area contributed by atoms with Gasteiger partial charge in [-0.3, -0.25) is 0 Å². The van der Waals surface area contributed by atoms with Crippen LogP contribution in [0.15, 0.2) is 29.8 Å². The van der Waals surface area contributed by atoms with Crippen molar-refractivity contribution in [2.24, 2.45) is 17.3 Å². The Labute approximate surface area is 186 Å². The fourth-order valence-corrected chi connectivity index (χ4v) is 4.60. The number of benzene rings is 1. The van der Waals surface area contributed by atoms with Crippen LogP contribution in [0.4, 0.5) is 4.79 Å². The lowest BCUT2D eigenvalue weighted by Gasteiger charge is -2.47. The first-order valence-corrected chi connectivity index (χ1v) is 10.1. The quantitative estimate of drug-likeness (QED) is 0.719. The van der Waals surface area contributed by atoms with Crippen LogP contribution in [0, 0.1) is 56.7 Å². The van der Waals surface area contributed by atoms with Crippen molar-refractivity contribution in [1.82, 2.24) is 4.90 Å². The standard InChI is InChI=1S/C23H23N5O4/c1-4-32-18-6-5-14(9-19(18)30-2)20-15(10-24)21(27)23(12-25,13-26)17-7-8-28(11-16(17)20)22(29)31-3/h5-7,9,15-16,20,27H,4,8,11H2,1-3H3/t15?,16-,20+/m0/s1. The van der Waals surface area contributed by atoms with Crippen molar-refractivity contribution >= 4 is 11.8 Å². The first-order valence-electron chi connectivity index (χ1n) is 10.1. The molecule has 1 fully saturated rings. The Morgan fingerprint density at radius 1 is 1.25 bits per heavy atom. The molecule has 0 radical (unpaired) electrons. The van der Waals surface area contributed by atoms with Crippen molar-refractivity contribution in [1.29, 1.82) is 21.2 Å². The fraction of sp³-hybridized carbons (Fsp3) is 0.435. The fourth-order valence-electron chi connectivity index (χ4n) is 4.60. The number of hydrogen-bond acceptors (Lipinski definition) is 8. The Bertz CT molecular complexity index is 1080. The molecule has 3 atom stereocenters. The van der Waals surface area contributed by atoms with Gasteiger partial charge in [0.2, 0.25) is 5.41 Å². The lowest BCUT2D eigenvalue weighted by atomic mass is 9.55. The topological polar surface area (TPSA) is 143 Å². The molecule has 0 aromatic heterocycles. The Balaban J connectivity index is 2.20. The predicted octanol–water partition coefficient (Wildman–Crippen LogP) is 3.01. The van der Waals surface area contributed by atoms with E-state index in [1.54, 1.807) is 24.3 Å². The highest BCUT2D eigenvalue weighted by Crippen LogP contribution is 2.53. The highest BCUT2D eigenvalue weighted by atomic mass is 16.5. The van der Waals surface area contributed by atoms with Crippen LogP contribution >= 0.6 is 0 Å². The average Bonchev–Trinajstić information content (AvgIpc) is 2.83. The van der Waals surface area contributed by atoms with E-state index in [1.807, 2.05) is 19.1 Å². The first kappa shape index (κ1) is 22.7. The number of nitrogens with one attached hydrogen (secondary N) is 1. The molecule has 1 aliphatic carbocycles. The van der Waals surface area contributed by atoms with Crippen LogP contribution in [-0.4, -0.2) is 50.6 Å². The van der Waals surface area contributed by atoms with E-state index in [1.165, 1.54) is 19.1 Å². The minimum absolute atomic E-state index is 0.146. The van der Waals surface area contributed by atoms with Gasteiger partial charge in [0.15, 0.2) is 11.5 Å². The van der Waals surface area contributed by atoms with E-state index in [4.69, 9.17) is 19.6 Å². The molecule has 1 amide bonds. The molecule has 0 spiro atoms. The first-order chi connectivity index (χ1) is 15.4. The third kappa shape index (κ3) is 3.40. The summed E-state index contributed by atoms with van der Waals surface area (Å²) in [5, 5.41) is 38.5. The number of rotatable bonds is 4. The largest absolute Gasteiger partial charge is 0.493 e. The van der Waals surface area contributed by atoms with E-state index in [0.717, 1.165) is 0 Å². The van der Waals surface area contributed by atoms with E-state index in [9.17, 15) is 20.6 Å². The number of carbonyl (C=O) groups excluding carboxylic acids is 1. The van der Waals surface area contributed by atoms with Crippen LogP contribution in [0.3, 0.4) is 0 Å². The minimum atomic E-state index is -1.85.